The summed E-state index contributed by atoms with van der Waals surface area (Å²) in [7, 11) is 0. The number of rotatable bonds is 9. The van der Waals surface area contributed by atoms with Crippen LogP contribution in [-0.4, -0.2) is 41.7 Å². The third-order valence-corrected chi connectivity index (χ3v) is 4.02. The molecule has 1 N–H and O–H groups in total. The van der Waals surface area contributed by atoms with Crippen LogP contribution in [0.5, 0.6) is 5.75 Å². The van der Waals surface area contributed by atoms with Gasteiger partial charge in [0.1, 0.15) is 5.75 Å². The topological polar surface area (TPSA) is 66.8 Å². The lowest BCUT2D eigenvalue weighted by atomic mass is 10.1. The summed E-state index contributed by atoms with van der Waals surface area (Å²) in [4.78, 5) is 18.3. The van der Waals surface area contributed by atoms with Crippen molar-refractivity contribution in [2.24, 2.45) is 5.10 Å². The Morgan fingerprint density at radius 3 is 2.58 bits per heavy atom. The second-order valence-electron chi connectivity index (χ2n) is 5.66. The number of carbonyl (C=O) groups is 1. The molecule has 0 aliphatic rings. The van der Waals surface area contributed by atoms with Gasteiger partial charge in [0.05, 0.1) is 12.8 Å². The average molecular weight is 354 g/mol. The second-order valence-corrected chi connectivity index (χ2v) is 5.66. The molecule has 6 heteroatoms. The number of hydrogen-bond acceptors (Lipinski definition) is 5. The van der Waals surface area contributed by atoms with Crippen LogP contribution in [0.15, 0.2) is 47.8 Å². The molecule has 2 rings (SSSR count). The van der Waals surface area contributed by atoms with E-state index in [1.54, 1.807) is 30.7 Å². The molecule has 0 radical (unpaired) electrons. The first-order chi connectivity index (χ1) is 12.7. The summed E-state index contributed by atoms with van der Waals surface area (Å²) in [5, 5.41) is 4.08. The highest BCUT2D eigenvalue weighted by atomic mass is 16.5. The minimum Gasteiger partial charge on any atom is -0.493 e. The van der Waals surface area contributed by atoms with Gasteiger partial charge < -0.3 is 4.74 Å². The molecule has 26 heavy (non-hydrogen) atoms. The number of carbonyl (C=O) groups excluding carboxylic acids is 1. The maximum atomic E-state index is 12.0. The molecule has 0 unspecified atom stereocenters. The molecule has 0 bridgehead atoms. The Hall–Kier alpha value is -2.73. The fourth-order valence-electron chi connectivity index (χ4n) is 2.57. The van der Waals surface area contributed by atoms with Gasteiger partial charge in [-0.3, -0.25) is 14.7 Å². The van der Waals surface area contributed by atoms with Crippen molar-refractivity contribution in [1.82, 2.24) is 15.3 Å². The molecule has 1 heterocycles. The highest BCUT2D eigenvalue weighted by Crippen LogP contribution is 2.24. The van der Waals surface area contributed by atoms with Crippen LogP contribution in [0.4, 0.5) is 0 Å². The van der Waals surface area contributed by atoms with Crippen LogP contribution in [0.25, 0.3) is 0 Å². The average Bonchev–Trinajstić information content (AvgIpc) is 2.68. The van der Waals surface area contributed by atoms with Gasteiger partial charge in [0.25, 0.3) is 5.91 Å². The first-order valence-electron chi connectivity index (χ1n) is 8.90. The third kappa shape index (κ3) is 5.39. The normalized spacial score (nSPS) is 11.1. The predicted octanol–water partition coefficient (Wildman–Crippen LogP) is 3.09. The van der Waals surface area contributed by atoms with Gasteiger partial charge >= 0.3 is 0 Å². The lowest BCUT2D eigenvalue weighted by Crippen LogP contribution is -2.22. The largest absolute Gasteiger partial charge is 0.493 e. The van der Waals surface area contributed by atoms with Crippen molar-refractivity contribution >= 4 is 12.1 Å². The van der Waals surface area contributed by atoms with Crippen molar-refractivity contribution in [3.63, 3.8) is 0 Å². The highest BCUT2D eigenvalue weighted by Gasteiger charge is 2.11. The highest BCUT2D eigenvalue weighted by molar-refractivity contribution is 5.95. The first kappa shape index (κ1) is 19.6. The molecule has 0 saturated carbocycles. The van der Waals surface area contributed by atoms with E-state index in [0.29, 0.717) is 12.2 Å². The first-order valence-corrected chi connectivity index (χ1v) is 8.90. The van der Waals surface area contributed by atoms with Gasteiger partial charge in [-0.2, -0.15) is 5.10 Å². The number of ether oxygens (including phenoxy) is 1. The van der Waals surface area contributed by atoms with E-state index in [9.17, 15) is 4.79 Å². The smallest absolute Gasteiger partial charge is 0.271 e. The number of hydrogen-bond donors (Lipinski definition) is 1. The van der Waals surface area contributed by atoms with Crippen molar-refractivity contribution < 1.29 is 9.53 Å². The zero-order valence-corrected chi connectivity index (χ0v) is 15.6. The van der Waals surface area contributed by atoms with Crippen LogP contribution in [0, 0.1) is 0 Å². The Labute approximate surface area is 154 Å². The Bertz CT molecular complexity index is 728. The summed E-state index contributed by atoms with van der Waals surface area (Å²) in [6, 6.07) is 9.25. The van der Waals surface area contributed by atoms with Crippen LogP contribution >= 0.6 is 0 Å². The molecule has 1 aromatic heterocycles. The number of amides is 1. The maximum absolute atomic E-state index is 12.0. The molecule has 0 aliphatic carbocycles. The van der Waals surface area contributed by atoms with Gasteiger partial charge in [-0.1, -0.05) is 26.0 Å². The van der Waals surface area contributed by atoms with Crippen LogP contribution in [0.2, 0.25) is 0 Å². The fraction of sp³-hybridized carbons (Fsp3) is 0.350. The summed E-state index contributed by atoms with van der Waals surface area (Å²) in [6.07, 6.45) is 4.76. The summed E-state index contributed by atoms with van der Waals surface area (Å²) < 4.78 is 5.86. The number of aromatic nitrogens is 1. The van der Waals surface area contributed by atoms with E-state index in [4.69, 9.17) is 4.74 Å². The van der Waals surface area contributed by atoms with Crippen molar-refractivity contribution in [3.8, 4) is 5.75 Å². The quantitative estimate of drug-likeness (QED) is 0.555. The van der Waals surface area contributed by atoms with Gasteiger partial charge in [-0.05, 0) is 38.2 Å². The number of para-hydroxylation sites is 1. The van der Waals surface area contributed by atoms with Gasteiger partial charge in [0, 0.05) is 35.6 Å². The molecule has 0 saturated heterocycles. The number of pyridine rings is 1. The molecular formula is C20H26N4O2. The molecule has 2 aromatic rings. The lowest BCUT2D eigenvalue weighted by Gasteiger charge is -2.21. The monoisotopic (exact) mass is 354 g/mol. The summed E-state index contributed by atoms with van der Waals surface area (Å²) in [5.74, 6) is 0.532. The second kappa shape index (κ2) is 10.3. The number of nitrogens with one attached hydrogen (secondary N) is 1. The van der Waals surface area contributed by atoms with Crippen molar-refractivity contribution in [2.75, 3.05) is 19.7 Å². The minimum absolute atomic E-state index is 0.277. The van der Waals surface area contributed by atoms with Crippen LogP contribution < -0.4 is 10.2 Å². The molecule has 1 amide bonds. The lowest BCUT2D eigenvalue weighted by molar-refractivity contribution is 0.0955. The standard InChI is InChI=1S/C20H26N4O2/c1-4-24(5-2)15-18-9-7-8-17(19(18)26-6-3)14-22-23-20(25)16-10-12-21-13-11-16/h7-14H,4-6,15H2,1-3H3,(H,23,25)/b22-14+. The number of hydrazone groups is 1. The Morgan fingerprint density at radius 1 is 1.19 bits per heavy atom. The SMILES string of the molecule is CCOc1c(/C=N/NC(=O)c2ccncc2)cccc1CN(CC)CC. The van der Waals surface area contributed by atoms with E-state index in [2.05, 4.69) is 40.3 Å². The van der Waals surface area contributed by atoms with E-state index in [1.807, 2.05) is 19.1 Å². The van der Waals surface area contributed by atoms with Gasteiger partial charge in [0.15, 0.2) is 0 Å². The van der Waals surface area contributed by atoms with Crippen LogP contribution in [-0.2, 0) is 6.54 Å². The molecule has 6 nitrogen and oxygen atoms in total. The molecular weight excluding hydrogens is 328 g/mol. The fourth-order valence-corrected chi connectivity index (χ4v) is 2.57. The summed E-state index contributed by atoms with van der Waals surface area (Å²) in [5.41, 5.74) is 5.00. The summed E-state index contributed by atoms with van der Waals surface area (Å²) >= 11 is 0. The van der Waals surface area contributed by atoms with E-state index in [-0.39, 0.29) is 5.91 Å². The van der Waals surface area contributed by atoms with Gasteiger partial charge in [-0.15, -0.1) is 0 Å². The number of nitrogens with zero attached hydrogens (tertiary/aromatic N) is 3. The van der Waals surface area contributed by atoms with Crippen molar-refractivity contribution in [3.05, 3.63) is 59.4 Å². The van der Waals surface area contributed by atoms with Gasteiger partial charge in [0.2, 0.25) is 0 Å². The van der Waals surface area contributed by atoms with Crippen molar-refractivity contribution in [1.29, 1.82) is 0 Å². The molecule has 0 aliphatic heterocycles. The summed E-state index contributed by atoms with van der Waals surface area (Å²) in [6.45, 7) is 9.57. The Morgan fingerprint density at radius 2 is 1.92 bits per heavy atom. The van der Waals surface area contributed by atoms with Crippen LogP contribution in [0.3, 0.4) is 0 Å². The predicted molar refractivity (Wildman–Crippen MR) is 104 cm³/mol. The Balaban J connectivity index is 2.15. The molecule has 0 atom stereocenters. The van der Waals surface area contributed by atoms with Crippen molar-refractivity contribution in [2.45, 2.75) is 27.3 Å². The molecule has 138 valence electrons. The molecule has 1 aromatic carbocycles. The molecule has 0 spiro atoms. The van der Waals surface area contributed by atoms with E-state index < -0.39 is 0 Å². The minimum atomic E-state index is -0.277. The van der Waals surface area contributed by atoms with Crippen LogP contribution in [0.1, 0.15) is 42.3 Å². The zero-order valence-electron chi connectivity index (χ0n) is 15.6. The third-order valence-electron chi connectivity index (χ3n) is 4.02. The molecule has 0 fully saturated rings. The van der Waals surface area contributed by atoms with E-state index in [0.717, 1.165) is 36.5 Å². The zero-order chi connectivity index (χ0) is 18.8. The number of benzene rings is 1. The maximum Gasteiger partial charge on any atom is 0.271 e. The Kier molecular flexibility index (Phi) is 7.76. The van der Waals surface area contributed by atoms with Gasteiger partial charge in [-0.25, -0.2) is 5.43 Å². The van der Waals surface area contributed by atoms with E-state index in [1.165, 1.54) is 0 Å². The van der Waals surface area contributed by atoms with E-state index >= 15 is 0 Å².